The Labute approximate surface area is 157 Å². The van der Waals surface area contributed by atoms with E-state index in [2.05, 4.69) is 21.3 Å². The van der Waals surface area contributed by atoms with E-state index < -0.39 is 17.6 Å². The minimum Gasteiger partial charge on any atom is -0.352 e. The van der Waals surface area contributed by atoms with E-state index >= 15 is 0 Å². The van der Waals surface area contributed by atoms with E-state index in [0.29, 0.717) is 19.4 Å². The lowest BCUT2D eigenvalue weighted by Gasteiger charge is -2.29. The van der Waals surface area contributed by atoms with Gasteiger partial charge in [-0.2, -0.15) is 0 Å². The Hall–Kier alpha value is -1.83. The van der Waals surface area contributed by atoms with Crippen molar-refractivity contribution in [3.8, 4) is 0 Å². The van der Waals surface area contributed by atoms with E-state index in [1.165, 1.54) is 0 Å². The molecule has 0 aliphatic rings. The highest BCUT2D eigenvalue weighted by molar-refractivity contribution is 5.90. The molecule has 0 aromatic carbocycles. The van der Waals surface area contributed by atoms with Gasteiger partial charge in [-0.25, -0.2) is 4.79 Å². The smallest absolute Gasteiger partial charge is 0.312 e. The summed E-state index contributed by atoms with van der Waals surface area (Å²) >= 11 is 0. The molecule has 2 atom stereocenters. The number of nitrogens with one attached hydrogen (secondary N) is 4. The van der Waals surface area contributed by atoms with Crippen LogP contribution >= 0.6 is 0 Å². The number of nitrogens with two attached hydrogens (primary N) is 1. The quantitative estimate of drug-likeness (QED) is 0.365. The van der Waals surface area contributed by atoms with Gasteiger partial charge in [-0.1, -0.05) is 27.7 Å². The molecular weight excluding hydrogens is 334 g/mol. The van der Waals surface area contributed by atoms with Crippen molar-refractivity contribution in [3.05, 3.63) is 0 Å². The molecule has 6 N–H and O–H groups in total. The summed E-state index contributed by atoms with van der Waals surface area (Å²) in [7, 11) is 0. The SMILES string of the molecule is CC(C)N[C@H](C(=O)N[C@@H](CCCNC(N)=O)C(=O)NC(C)(C)C)C(C)C. The molecule has 0 unspecified atom stereocenters. The molecule has 8 heteroatoms. The molecule has 0 radical (unpaired) electrons. The minimum atomic E-state index is -0.674. The fraction of sp³-hybridized carbons (Fsp3) is 0.833. The van der Waals surface area contributed by atoms with Gasteiger partial charge in [-0.3, -0.25) is 9.59 Å². The fourth-order valence-corrected chi connectivity index (χ4v) is 2.43. The average molecular weight is 372 g/mol. The maximum atomic E-state index is 12.7. The van der Waals surface area contributed by atoms with Gasteiger partial charge in [-0.15, -0.1) is 0 Å². The Bertz CT molecular complexity index is 472. The van der Waals surface area contributed by atoms with Crippen LogP contribution in [0.3, 0.4) is 0 Å². The standard InChI is InChI=1S/C18H37N5O3/c1-11(2)14(21-12(3)4)16(25)22-13(9-8-10-20-17(19)26)15(24)23-18(5,6)7/h11-14,21H,8-10H2,1-7H3,(H,22,25)(H,23,24)(H3,19,20,26)/t13-,14-/m0/s1. The normalized spacial score (nSPS) is 14.0. The third kappa shape index (κ3) is 10.9. The van der Waals surface area contributed by atoms with E-state index in [0.717, 1.165) is 0 Å². The van der Waals surface area contributed by atoms with Crippen molar-refractivity contribution >= 4 is 17.8 Å². The van der Waals surface area contributed by atoms with Crippen LogP contribution in [-0.2, 0) is 9.59 Å². The van der Waals surface area contributed by atoms with Gasteiger partial charge in [0.15, 0.2) is 0 Å². The molecule has 0 fully saturated rings. The van der Waals surface area contributed by atoms with Crippen molar-refractivity contribution in [3.63, 3.8) is 0 Å². The van der Waals surface area contributed by atoms with Crippen LogP contribution in [0.2, 0.25) is 0 Å². The lowest BCUT2D eigenvalue weighted by molar-refractivity contribution is -0.131. The van der Waals surface area contributed by atoms with Crippen LogP contribution in [0.15, 0.2) is 0 Å². The fourth-order valence-electron chi connectivity index (χ4n) is 2.43. The van der Waals surface area contributed by atoms with Crippen LogP contribution in [0.4, 0.5) is 4.79 Å². The zero-order chi connectivity index (χ0) is 20.5. The molecule has 0 heterocycles. The maximum absolute atomic E-state index is 12.7. The molecule has 0 saturated carbocycles. The van der Waals surface area contributed by atoms with Gasteiger partial charge in [0.2, 0.25) is 11.8 Å². The molecule has 0 aromatic heterocycles. The predicted molar refractivity (Wildman–Crippen MR) is 104 cm³/mol. The summed E-state index contributed by atoms with van der Waals surface area (Å²) in [6, 6.07) is -1.52. The van der Waals surface area contributed by atoms with Crippen LogP contribution in [0.1, 0.15) is 61.3 Å². The lowest BCUT2D eigenvalue weighted by atomic mass is 10.0. The number of amides is 4. The number of urea groups is 1. The second-order valence-electron chi connectivity index (χ2n) is 8.28. The highest BCUT2D eigenvalue weighted by Crippen LogP contribution is 2.07. The van der Waals surface area contributed by atoms with E-state index in [9.17, 15) is 14.4 Å². The summed E-state index contributed by atoms with van der Waals surface area (Å²) in [6.07, 6.45) is 0.926. The minimum absolute atomic E-state index is 0.0836. The van der Waals surface area contributed by atoms with Gasteiger partial charge in [-0.05, 0) is 39.5 Å². The zero-order valence-corrected chi connectivity index (χ0v) is 17.2. The van der Waals surface area contributed by atoms with Crippen LogP contribution in [0, 0.1) is 5.92 Å². The Morgan fingerprint density at radius 1 is 1.00 bits per heavy atom. The third-order valence-electron chi connectivity index (χ3n) is 3.56. The summed E-state index contributed by atoms with van der Waals surface area (Å²) in [5.41, 5.74) is 4.64. The predicted octanol–water partition coefficient (Wildman–Crippen LogP) is 0.857. The molecular formula is C18H37N5O3. The number of hydrogen-bond acceptors (Lipinski definition) is 4. The highest BCUT2D eigenvalue weighted by atomic mass is 16.2. The molecule has 0 spiro atoms. The Balaban J connectivity index is 5.03. The topological polar surface area (TPSA) is 125 Å². The number of carbonyl (C=O) groups is 3. The summed E-state index contributed by atoms with van der Waals surface area (Å²) in [5, 5.41) is 11.5. The van der Waals surface area contributed by atoms with Gasteiger partial charge >= 0.3 is 6.03 Å². The number of hydrogen-bond donors (Lipinski definition) is 5. The van der Waals surface area contributed by atoms with Crippen molar-refractivity contribution in [2.45, 2.75) is 85.0 Å². The molecule has 0 saturated heterocycles. The van der Waals surface area contributed by atoms with Crippen molar-refractivity contribution in [1.82, 2.24) is 21.3 Å². The number of primary amides is 1. The molecule has 0 bridgehead atoms. The van der Waals surface area contributed by atoms with Crippen LogP contribution < -0.4 is 27.0 Å². The first-order chi connectivity index (χ1) is 11.8. The summed E-state index contributed by atoms with van der Waals surface area (Å²) in [6.45, 7) is 13.9. The first-order valence-corrected chi connectivity index (χ1v) is 9.25. The molecule has 0 rings (SSSR count). The van der Waals surface area contributed by atoms with Crippen molar-refractivity contribution in [2.75, 3.05) is 6.54 Å². The Morgan fingerprint density at radius 2 is 1.58 bits per heavy atom. The van der Waals surface area contributed by atoms with E-state index in [1.807, 2.05) is 48.5 Å². The number of carbonyl (C=O) groups excluding carboxylic acids is 3. The van der Waals surface area contributed by atoms with Gasteiger partial charge in [0.25, 0.3) is 0 Å². The first-order valence-electron chi connectivity index (χ1n) is 9.25. The van der Waals surface area contributed by atoms with E-state index in [4.69, 9.17) is 5.73 Å². The Morgan fingerprint density at radius 3 is 2.00 bits per heavy atom. The van der Waals surface area contributed by atoms with Crippen molar-refractivity contribution in [2.24, 2.45) is 11.7 Å². The largest absolute Gasteiger partial charge is 0.352 e. The van der Waals surface area contributed by atoms with E-state index in [-0.39, 0.29) is 29.8 Å². The van der Waals surface area contributed by atoms with Crippen LogP contribution in [0.25, 0.3) is 0 Å². The van der Waals surface area contributed by atoms with Crippen molar-refractivity contribution in [1.29, 1.82) is 0 Å². The van der Waals surface area contributed by atoms with Gasteiger partial charge in [0.05, 0.1) is 6.04 Å². The molecule has 0 aliphatic heterocycles. The van der Waals surface area contributed by atoms with Crippen LogP contribution in [-0.4, -0.2) is 48.1 Å². The van der Waals surface area contributed by atoms with Crippen molar-refractivity contribution < 1.29 is 14.4 Å². The lowest BCUT2D eigenvalue weighted by Crippen LogP contribution is -2.57. The Kier molecular flexibility index (Phi) is 10.2. The monoisotopic (exact) mass is 371 g/mol. The highest BCUT2D eigenvalue weighted by Gasteiger charge is 2.29. The summed E-state index contributed by atoms with van der Waals surface area (Å²) in [4.78, 5) is 36.0. The molecule has 0 aromatic rings. The summed E-state index contributed by atoms with van der Waals surface area (Å²) in [5.74, 6) is -0.358. The summed E-state index contributed by atoms with van der Waals surface area (Å²) < 4.78 is 0. The molecule has 8 nitrogen and oxygen atoms in total. The molecule has 152 valence electrons. The first kappa shape index (κ1) is 24.2. The van der Waals surface area contributed by atoms with E-state index in [1.54, 1.807) is 0 Å². The molecule has 0 aliphatic carbocycles. The van der Waals surface area contributed by atoms with Gasteiger partial charge in [0, 0.05) is 18.1 Å². The van der Waals surface area contributed by atoms with Crippen LogP contribution in [0.5, 0.6) is 0 Å². The zero-order valence-electron chi connectivity index (χ0n) is 17.2. The molecule has 26 heavy (non-hydrogen) atoms. The number of rotatable bonds is 10. The second kappa shape index (κ2) is 11.0. The van der Waals surface area contributed by atoms with Gasteiger partial charge in [0.1, 0.15) is 6.04 Å². The third-order valence-corrected chi connectivity index (χ3v) is 3.56. The molecule has 4 amide bonds. The van der Waals surface area contributed by atoms with Gasteiger partial charge < -0.3 is 27.0 Å². The average Bonchev–Trinajstić information content (AvgIpc) is 2.45. The maximum Gasteiger partial charge on any atom is 0.312 e. The second-order valence-corrected chi connectivity index (χ2v) is 8.28.